The molecule has 3 aliphatic rings. The van der Waals surface area contributed by atoms with Crippen molar-refractivity contribution >= 4 is 5.91 Å². The molecule has 0 spiro atoms. The molecule has 0 aromatic heterocycles. The van der Waals surface area contributed by atoms with E-state index in [1.807, 2.05) is 12.1 Å². The number of carbonyl (C=O) groups excluding carboxylic acids is 1. The zero-order valence-corrected chi connectivity index (χ0v) is 12.9. The maximum absolute atomic E-state index is 12.0. The number of carbonyl (C=O) groups is 1. The average molecular weight is 300 g/mol. The molecule has 1 N–H and O–H groups in total. The van der Waals surface area contributed by atoms with Crippen LogP contribution in [0, 0.1) is 0 Å². The minimum Gasteiger partial charge on any atom is -0.387 e. The molecule has 4 rings (SSSR count). The molecule has 0 saturated carbocycles. The number of rotatable bonds is 2. The normalized spacial score (nSPS) is 32.5. The third-order valence-corrected chi connectivity index (χ3v) is 5.61. The second-order valence-electron chi connectivity index (χ2n) is 6.90. The maximum Gasteiger partial charge on any atom is 0.222 e. The van der Waals surface area contributed by atoms with Crippen LogP contribution in [-0.2, 0) is 11.2 Å². The second kappa shape index (κ2) is 5.67. The largest absolute Gasteiger partial charge is 0.387 e. The Bertz CT molecular complexity index is 574. The predicted molar refractivity (Wildman–Crippen MR) is 84.4 cm³/mol. The lowest BCUT2D eigenvalue weighted by Gasteiger charge is -2.41. The van der Waals surface area contributed by atoms with Gasteiger partial charge in [-0.25, -0.2) is 0 Å². The van der Waals surface area contributed by atoms with Crippen molar-refractivity contribution in [2.24, 2.45) is 0 Å². The van der Waals surface area contributed by atoms with E-state index in [0.717, 1.165) is 50.9 Å². The van der Waals surface area contributed by atoms with Gasteiger partial charge in [-0.1, -0.05) is 24.3 Å². The summed E-state index contributed by atoms with van der Waals surface area (Å²) in [5.41, 5.74) is 2.37. The van der Waals surface area contributed by atoms with Gasteiger partial charge in [0.25, 0.3) is 0 Å². The average Bonchev–Trinajstić information content (AvgIpc) is 3.12. The van der Waals surface area contributed by atoms with Gasteiger partial charge in [0.2, 0.25) is 5.91 Å². The highest BCUT2D eigenvalue weighted by atomic mass is 16.3. The molecule has 1 aliphatic carbocycles. The number of piperidine rings is 1. The fraction of sp³-hybridized carbons (Fsp3) is 0.611. The number of fused-ring (bicyclic) bond motifs is 1. The Balaban J connectivity index is 1.48. The Labute approximate surface area is 131 Å². The van der Waals surface area contributed by atoms with E-state index in [1.54, 1.807) is 0 Å². The molecule has 0 radical (unpaired) electrons. The van der Waals surface area contributed by atoms with Crippen molar-refractivity contribution in [3.05, 3.63) is 35.4 Å². The summed E-state index contributed by atoms with van der Waals surface area (Å²) in [4.78, 5) is 16.5. The molecule has 3 atom stereocenters. The van der Waals surface area contributed by atoms with Crippen LogP contribution >= 0.6 is 0 Å². The topological polar surface area (TPSA) is 43.8 Å². The first kappa shape index (κ1) is 14.2. The number of nitrogens with zero attached hydrogens (tertiary/aromatic N) is 2. The fourth-order valence-electron chi connectivity index (χ4n) is 4.48. The van der Waals surface area contributed by atoms with E-state index in [-0.39, 0.29) is 12.1 Å². The third-order valence-electron chi connectivity index (χ3n) is 5.61. The summed E-state index contributed by atoms with van der Waals surface area (Å²) in [5, 5.41) is 10.7. The Morgan fingerprint density at radius 3 is 2.77 bits per heavy atom. The Morgan fingerprint density at radius 1 is 1.14 bits per heavy atom. The lowest BCUT2D eigenvalue weighted by molar-refractivity contribution is -0.131. The highest BCUT2D eigenvalue weighted by molar-refractivity contribution is 5.78. The van der Waals surface area contributed by atoms with E-state index >= 15 is 0 Å². The molecule has 2 saturated heterocycles. The van der Waals surface area contributed by atoms with Crippen LogP contribution in [0.25, 0.3) is 0 Å². The first-order chi connectivity index (χ1) is 10.7. The SMILES string of the molecule is O=C1CCCN1C1CCCN(C2Cc3ccccc3C2O)C1. The highest BCUT2D eigenvalue weighted by Gasteiger charge is 2.39. The summed E-state index contributed by atoms with van der Waals surface area (Å²) in [6, 6.07) is 8.76. The molecule has 1 aromatic carbocycles. The molecule has 0 bridgehead atoms. The van der Waals surface area contributed by atoms with E-state index in [1.165, 1.54) is 5.56 Å². The molecule has 1 aromatic rings. The fourth-order valence-corrected chi connectivity index (χ4v) is 4.48. The third kappa shape index (κ3) is 2.34. The minimum absolute atomic E-state index is 0.179. The van der Waals surface area contributed by atoms with Crippen molar-refractivity contribution in [2.75, 3.05) is 19.6 Å². The van der Waals surface area contributed by atoms with E-state index < -0.39 is 0 Å². The molecular formula is C18H24N2O2. The Hall–Kier alpha value is -1.39. The first-order valence-electron chi connectivity index (χ1n) is 8.53. The number of aliphatic hydroxyl groups excluding tert-OH is 1. The van der Waals surface area contributed by atoms with Crippen LogP contribution < -0.4 is 0 Å². The second-order valence-corrected chi connectivity index (χ2v) is 6.90. The van der Waals surface area contributed by atoms with Crippen molar-refractivity contribution in [3.8, 4) is 0 Å². The number of amides is 1. The van der Waals surface area contributed by atoms with Crippen molar-refractivity contribution < 1.29 is 9.90 Å². The van der Waals surface area contributed by atoms with Crippen LogP contribution in [0.15, 0.2) is 24.3 Å². The minimum atomic E-state index is -0.385. The van der Waals surface area contributed by atoms with Gasteiger partial charge in [-0.3, -0.25) is 9.69 Å². The summed E-state index contributed by atoms with van der Waals surface area (Å²) in [6.07, 6.45) is 4.49. The predicted octanol–water partition coefficient (Wildman–Crippen LogP) is 1.73. The van der Waals surface area contributed by atoms with Gasteiger partial charge in [0, 0.05) is 31.6 Å². The van der Waals surface area contributed by atoms with Crippen molar-refractivity contribution in [1.82, 2.24) is 9.80 Å². The summed E-state index contributed by atoms with van der Waals surface area (Å²) in [7, 11) is 0. The summed E-state index contributed by atoms with van der Waals surface area (Å²) in [5.74, 6) is 0.321. The van der Waals surface area contributed by atoms with Gasteiger partial charge >= 0.3 is 0 Å². The number of benzene rings is 1. The zero-order chi connectivity index (χ0) is 15.1. The number of hydrogen-bond donors (Lipinski definition) is 1. The molecule has 2 heterocycles. The molecule has 4 nitrogen and oxygen atoms in total. The van der Waals surface area contributed by atoms with E-state index in [4.69, 9.17) is 0 Å². The van der Waals surface area contributed by atoms with Gasteiger partial charge in [-0.15, -0.1) is 0 Å². The zero-order valence-electron chi connectivity index (χ0n) is 12.9. The van der Waals surface area contributed by atoms with Gasteiger partial charge in [0.05, 0.1) is 6.10 Å². The van der Waals surface area contributed by atoms with Crippen LogP contribution in [-0.4, -0.2) is 52.5 Å². The lowest BCUT2D eigenvalue weighted by Crippen LogP contribution is -2.52. The van der Waals surface area contributed by atoms with Gasteiger partial charge < -0.3 is 10.0 Å². The Morgan fingerprint density at radius 2 is 2.00 bits per heavy atom. The molecule has 2 fully saturated rings. The van der Waals surface area contributed by atoms with Crippen LogP contribution in [0.5, 0.6) is 0 Å². The number of likely N-dealkylation sites (tertiary alicyclic amines) is 2. The lowest BCUT2D eigenvalue weighted by atomic mass is 10.0. The van der Waals surface area contributed by atoms with Gasteiger partial charge in [-0.05, 0) is 43.4 Å². The summed E-state index contributed by atoms with van der Waals surface area (Å²) >= 11 is 0. The standard InChI is InChI=1S/C18H24N2O2/c21-17-8-4-10-20(17)14-6-3-9-19(12-14)16-11-13-5-1-2-7-15(13)18(16)22/h1-2,5,7,14,16,18,22H,3-4,6,8-12H2. The molecule has 22 heavy (non-hydrogen) atoms. The van der Waals surface area contributed by atoms with Gasteiger partial charge in [0.1, 0.15) is 0 Å². The smallest absolute Gasteiger partial charge is 0.222 e. The summed E-state index contributed by atoms with van der Waals surface area (Å²) in [6.45, 7) is 2.88. The quantitative estimate of drug-likeness (QED) is 0.904. The van der Waals surface area contributed by atoms with Crippen LogP contribution in [0.1, 0.15) is 42.9 Å². The molecule has 118 valence electrons. The van der Waals surface area contributed by atoms with E-state index in [0.29, 0.717) is 18.4 Å². The van der Waals surface area contributed by atoms with Crippen molar-refractivity contribution in [2.45, 2.75) is 50.3 Å². The Kier molecular flexibility index (Phi) is 3.66. The van der Waals surface area contributed by atoms with Crippen LogP contribution in [0.3, 0.4) is 0 Å². The monoisotopic (exact) mass is 300 g/mol. The number of aliphatic hydroxyl groups is 1. The van der Waals surface area contributed by atoms with Crippen molar-refractivity contribution in [1.29, 1.82) is 0 Å². The first-order valence-corrected chi connectivity index (χ1v) is 8.53. The summed E-state index contributed by atoms with van der Waals surface area (Å²) < 4.78 is 0. The molecule has 4 heteroatoms. The molecular weight excluding hydrogens is 276 g/mol. The maximum atomic E-state index is 12.0. The van der Waals surface area contributed by atoms with E-state index in [2.05, 4.69) is 21.9 Å². The van der Waals surface area contributed by atoms with Crippen LogP contribution in [0.2, 0.25) is 0 Å². The number of hydrogen-bond acceptors (Lipinski definition) is 3. The van der Waals surface area contributed by atoms with Gasteiger partial charge in [0.15, 0.2) is 0 Å². The van der Waals surface area contributed by atoms with E-state index in [9.17, 15) is 9.90 Å². The van der Waals surface area contributed by atoms with Crippen molar-refractivity contribution in [3.63, 3.8) is 0 Å². The molecule has 3 unspecified atom stereocenters. The highest BCUT2D eigenvalue weighted by Crippen LogP contribution is 2.36. The molecule has 2 aliphatic heterocycles. The van der Waals surface area contributed by atoms with Gasteiger partial charge in [-0.2, -0.15) is 0 Å². The molecule has 1 amide bonds. The van der Waals surface area contributed by atoms with Crippen LogP contribution in [0.4, 0.5) is 0 Å².